The van der Waals surface area contributed by atoms with Gasteiger partial charge >= 0.3 is 0 Å². The first-order chi connectivity index (χ1) is 14.5. The molecule has 1 aliphatic heterocycles. The van der Waals surface area contributed by atoms with Crippen LogP contribution in [0.15, 0.2) is 34.9 Å². The van der Waals surface area contributed by atoms with Crippen LogP contribution in [0, 0.1) is 0 Å². The van der Waals surface area contributed by atoms with E-state index in [1.807, 2.05) is 24.3 Å². The Hall–Kier alpha value is -2.71. The third-order valence-corrected chi connectivity index (χ3v) is 6.81. The van der Waals surface area contributed by atoms with Gasteiger partial charge in [0.05, 0.1) is 18.0 Å². The molecular formula is C22H23N3O4S. The summed E-state index contributed by atoms with van der Waals surface area (Å²) < 4.78 is 12.5. The third-order valence-electron chi connectivity index (χ3n) is 5.64. The number of carbonyl (C=O) groups is 2. The Balaban J connectivity index is 1.45. The molecule has 3 heterocycles. The van der Waals surface area contributed by atoms with Gasteiger partial charge in [-0.15, -0.1) is 11.3 Å². The number of hydrogen-bond donors (Lipinski definition) is 0. The van der Waals surface area contributed by atoms with Crippen molar-refractivity contribution < 1.29 is 18.8 Å². The number of benzene rings is 1. The molecule has 0 radical (unpaired) electrons. The second-order valence-electron chi connectivity index (χ2n) is 8.04. The van der Waals surface area contributed by atoms with E-state index in [4.69, 9.17) is 9.26 Å². The summed E-state index contributed by atoms with van der Waals surface area (Å²) in [5.41, 5.74) is 1.21. The molecule has 1 saturated carbocycles. The number of fused-ring (bicyclic) bond motifs is 1. The van der Waals surface area contributed by atoms with Crippen LogP contribution in [0.3, 0.4) is 0 Å². The maximum atomic E-state index is 13.0. The molecule has 1 atom stereocenters. The monoisotopic (exact) mass is 425 g/mol. The summed E-state index contributed by atoms with van der Waals surface area (Å²) >= 11 is 1.47. The van der Waals surface area contributed by atoms with E-state index in [0.717, 1.165) is 34.3 Å². The standard InChI is InChI=1S/C22H23N3O4S/c1-24(2)22(27)20-19(14-5-3-4-6-18(14)30-20)17-12-25(9-10-28-17)21(26)15-11-16(29-23-15)13-7-8-13/h3-6,11,13,17H,7-10,12H2,1-2H3. The largest absolute Gasteiger partial charge is 0.370 e. The van der Waals surface area contributed by atoms with Gasteiger partial charge in [-0.3, -0.25) is 9.59 Å². The summed E-state index contributed by atoms with van der Waals surface area (Å²) in [6.45, 7) is 1.27. The zero-order valence-electron chi connectivity index (χ0n) is 17.0. The highest BCUT2D eigenvalue weighted by Gasteiger charge is 2.34. The van der Waals surface area contributed by atoms with Gasteiger partial charge in [0.15, 0.2) is 5.69 Å². The van der Waals surface area contributed by atoms with Gasteiger partial charge in [-0.25, -0.2) is 0 Å². The molecule has 5 rings (SSSR count). The van der Waals surface area contributed by atoms with Crippen molar-refractivity contribution in [2.45, 2.75) is 24.9 Å². The second kappa shape index (κ2) is 7.52. The minimum atomic E-state index is -0.368. The molecule has 1 aromatic carbocycles. The van der Waals surface area contributed by atoms with Gasteiger partial charge < -0.3 is 19.1 Å². The summed E-state index contributed by atoms with van der Waals surface area (Å²) in [6, 6.07) is 9.72. The predicted octanol–water partition coefficient (Wildman–Crippen LogP) is 3.68. The number of aromatic nitrogens is 1. The first-order valence-corrected chi connectivity index (χ1v) is 10.9. The number of carbonyl (C=O) groups excluding carboxylic acids is 2. The van der Waals surface area contributed by atoms with Gasteiger partial charge in [0, 0.05) is 42.9 Å². The minimum absolute atomic E-state index is 0.0520. The summed E-state index contributed by atoms with van der Waals surface area (Å²) in [5.74, 6) is 1.00. The third kappa shape index (κ3) is 3.40. The molecule has 0 spiro atoms. The van der Waals surface area contributed by atoms with Crippen molar-refractivity contribution in [3.8, 4) is 0 Å². The van der Waals surface area contributed by atoms with E-state index in [9.17, 15) is 9.59 Å². The van der Waals surface area contributed by atoms with Crippen LogP contribution in [-0.2, 0) is 4.74 Å². The van der Waals surface area contributed by atoms with E-state index in [1.165, 1.54) is 11.3 Å². The Labute approximate surface area is 178 Å². The molecule has 0 N–H and O–H groups in total. The van der Waals surface area contributed by atoms with E-state index >= 15 is 0 Å². The quantitative estimate of drug-likeness (QED) is 0.637. The van der Waals surface area contributed by atoms with Crippen LogP contribution in [-0.4, -0.2) is 60.6 Å². The van der Waals surface area contributed by atoms with E-state index in [1.54, 1.807) is 30.0 Å². The lowest BCUT2D eigenvalue weighted by Gasteiger charge is -2.33. The van der Waals surface area contributed by atoms with Crippen LogP contribution in [0.1, 0.15) is 56.3 Å². The molecule has 2 fully saturated rings. The molecule has 7 nitrogen and oxygen atoms in total. The van der Waals surface area contributed by atoms with Gasteiger partial charge in [-0.1, -0.05) is 23.4 Å². The average molecular weight is 426 g/mol. The average Bonchev–Trinajstić information content (AvgIpc) is 3.36. The highest BCUT2D eigenvalue weighted by atomic mass is 32.1. The van der Waals surface area contributed by atoms with Crippen molar-refractivity contribution >= 4 is 33.2 Å². The molecule has 156 valence electrons. The molecule has 2 aromatic heterocycles. The molecule has 1 aliphatic carbocycles. The zero-order valence-corrected chi connectivity index (χ0v) is 17.8. The Kier molecular flexibility index (Phi) is 4.83. The van der Waals surface area contributed by atoms with Gasteiger partial charge in [-0.05, 0) is 24.3 Å². The molecule has 3 aromatic rings. The fourth-order valence-corrected chi connectivity index (χ4v) is 5.14. The van der Waals surface area contributed by atoms with Crippen LogP contribution < -0.4 is 0 Å². The Morgan fingerprint density at radius 3 is 2.80 bits per heavy atom. The van der Waals surface area contributed by atoms with Gasteiger partial charge in [0.25, 0.3) is 11.8 Å². The van der Waals surface area contributed by atoms with Crippen LogP contribution in [0.4, 0.5) is 0 Å². The van der Waals surface area contributed by atoms with Crippen LogP contribution >= 0.6 is 11.3 Å². The second-order valence-corrected chi connectivity index (χ2v) is 9.09. The SMILES string of the molecule is CN(C)C(=O)c1sc2ccccc2c1C1CN(C(=O)c2cc(C3CC3)on2)CCO1. The minimum Gasteiger partial charge on any atom is -0.370 e. The van der Waals surface area contributed by atoms with Crippen molar-refractivity contribution in [2.75, 3.05) is 33.8 Å². The molecular weight excluding hydrogens is 402 g/mol. The fraction of sp³-hybridized carbons (Fsp3) is 0.409. The van der Waals surface area contributed by atoms with Crippen molar-refractivity contribution in [2.24, 2.45) is 0 Å². The molecule has 8 heteroatoms. The number of ether oxygens (including phenoxy) is 1. The molecule has 1 saturated heterocycles. The van der Waals surface area contributed by atoms with Crippen LogP contribution in [0.2, 0.25) is 0 Å². The Bertz CT molecular complexity index is 1110. The highest BCUT2D eigenvalue weighted by molar-refractivity contribution is 7.21. The molecule has 0 bridgehead atoms. The van der Waals surface area contributed by atoms with Crippen molar-refractivity contribution in [1.82, 2.24) is 15.0 Å². The topological polar surface area (TPSA) is 75.9 Å². The zero-order chi connectivity index (χ0) is 20.8. The molecule has 2 amide bonds. The number of hydrogen-bond acceptors (Lipinski definition) is 6. The molecule has 1 unspecified atom stereocenters. The van der Waals surface area contributed by atoms with Gasteiger partial charge in [-0.2, -0.15) is 0 Å². The summed E-state index contributed by atoms with van der Waals surface area (Å²) in [7, 11) is 3.49. The Morgan fingerprint density at radius 2 is 2.03 bits per heavy atom. The van der Waals surface area contributed by atoms with E-state index in [-0.39, 0.29) is 17.9 Å². The summed E-state index contributed by atoms with van der Waals surface area (Å²) in [4.78, 5) is 29.9. The Morgan fingerprint density at radius 1 is 1.23 bits per heavy atom. The van der Waals surface area contributed by atoms with E-state index in [0.29, 0.717) is 36.2 Å². The normalized spacial score (nSPS) is 19.3. The number of thiophene rings is 1. The lowest BCUT2D eigenvalue weighted by molar-refractivity contribution is -0.0226. The predicted molar refractivity (Wildman–Crippen MR) is 113 cm³/mol. The number of rotatable bonds is 4. The van der Waals surface area contributed by atoms with E-state index in [2.05, 4.69) is 5.16 Å². The van der Waals surface area contributed by atoms with Crippen molar-refractivity contribution in [1.29, 1.82) is 0 Å². The smallest absolute Gasteiger partial charge is 0.276 e. The maximum Gasteiger partial charge on any atom is 0.276 e. The first kappa shape index (κ1) is 19.3. The maximum absolute atomic E-state index is 13.0. The molecule has 2 aliphatic rings. The summed E-state index contributed by atoms with van der Waals surface area (Å²) in [6.07, 6.45) is 1.82. The summed E-state index contributed by atoms with van der Waals surface area (Å²) in [5, 5.41) is 5.00. The lowest BCUT2D eigenvalue weighted by Crippen LogP contribution is -2.42. The van der Waals surface area contributed by atoms with Crippen molar-refractivity contribution in [3.63, 3.8) is 0 Å². The number of nitrogens with zero attached hydrogens (tertiary/aromatic N) is 3. The lowest BCUT2D eigenvalue weighted by atomic mass is 10.0. The highest BCUT2D eigenvalue weighted by Crippen LogP contribution is 2.41. The van der Waals surface area contributed by atoms with Gasteiger partial charge in [0.1, 0.15) is 11.9 Å². The first-order valence-electron chi connectivity index (χ1n) is 10.1. The van der Waals surface area contributed by atoms with Crippen LogP contribution in [0.25, 0.3) is 10.1 Å². The number of amides is 2. The number of morpholine rings is 1. The van der Waals surface area contributed by atoms with E-state index < -0.39 is 0 Å². The molecule has 30 heavy (non-hydrogen) atoms. The van der Waals surface area contributed by atoms with Crippen LogP contribution in [0.5, 0.6) is 0 Å². The fourth-order valence-electron chi connectivity index (χ4n) is 3.87. The van der Waals surface area contributed by atoms with Gasteiger partial charge in [0.2, 0.25) is 0 Å². The van der Waals surface area contributed by atoms with Crippen molar-refractivity contribution in [3.05, 3.63) is 52.2 Å².